The molecular weight excluding hydrogens is 352 g/mol. The Morgan fingerprint density at radius 2 is 1.89 bits per heavy atom. The molecule has 2 amide bonds. The number of nitrogens with one attached hydrogen (secondary N) is 2. The van der Waals surface area contributed by atoms with Crippen LogP contribution in [0.25, 0.3) is 0 Å². The summed E-state index contributed by atoms with van der Waals surface area (Å²) in [6.45, 7) is 3.27. The average molecular weight is 376 g/mol. The minimum Gasteiger partial charge on any atom is -0.336 e. The van der Waals surface area contributed by atoms with Gasteiger partial charge in [-0.05, 0) is 44.0 Å². The van der Waals surface area contributed by atoms with E-state index in [1.165, 1.54) is 6.92 Å². The van der Waals surface area contributed by atoms with Crippen LogP contribution in [0.5, 0.6) is 0 Å². The van der Waals surface area contributed by atoms with Gasteiger partial charge in [-0.1, -0.05) is 31.1 Å². The number of amides is 2. The van der Waals surface area contributed by atoms with E-state index in [4.69, 9.17) is 0 Å². The van der Waals surface area contributed by atoms with Gasteiger partial charge in [0, 0.05) is 30.6 Å². The van der Waals surface area contributed by atoms with Gasteiger partial charge >= 0.3 is 0 Å². The number of pyridine rings is 2. The van der Waals surface area contributed by atoms with Gasteiger partial charge in [0.25, 0.3) is 5.91 Å². The highest BCUT2D eigenvalue weighted by molar-refractivity contribution is 5.96. The van der Waals surface area contributed by atoms with Crippen molar-refractivity contribution in [3.8, 4) is 11.8 Å². The molecule has 28 heavy (non-hydrogen) atoms. The first-order valence-electron chi connectivity index (χ1n) is 9.48. The second kappa shape index (κ2) is 8.66. The van der Waals surface area contributed by atoms with Crippen LogP contribution in [-0.4, -0.2) is 27.3 Å². The van der Waals surface area contributed by atoms with Crippen molar-refractivity contribution in [2.75, 3.05) is 5.32 Å². The quantitative estimate of drug-likeness (QED) is 0.806. The summed E-state index contributed by atoms with van der Waals surface area (Å²) in [6, 6.07) is 7.08. The van der Waals surface area contributed by atoms with Crippen molar-refractivity contribution < 1.29 is 9.59 Å². The molecule has 2 N–H and O–H groups in total. The maximum Gasteiger partial charge on any atom is 0.254 e. The van der Waals surface area contributed by atoms with E-state index in [1.807, 2.05) is 13.0 Å². The normalized spacial score (nSPS) is 15.1. The van der Waals surface area contributed by atoms with Gasteiger partial charge in [-0.15, -0.1) is 0 Å². The van der Waals surface area contributed by atoms with Gasteiger partial charge in [-0.25, -0.2) is 4.98 Å². The number of nitrogens with zero attached hydrogens (tertiary/aromatic N) is 2. The van der Waals surface area contributed by atoms with Crippen molar-refractivity contribution >= 4 is 17.6 Å². The molecule has 6 heteroatoms. The zero-order valence-corrected chi connectivity index (χ0v) is 16.2. The molecule has 0 saturated heterocycles. The molecule has 0 aromatic carbocycles. The number of aromatic nitrogens is 2. The lowest BCUT2D eigenvalue weighted by Crippen LogP contribution is -2.49. The third-order valence-electron chi connectivity index (χ3n) is 4.83. The van der Waals surface area contributed by atoms with Gasteiger partial charge in [0.15, 0.2) is 0 Å². The summed E-state index contributed by atoms with van der Waals surface area (Å²) in [6.07, 6.45) is 8.16. The van der Waals surface area contributed by atoms with Crippen molar-refractivity contribution in [2.24, 2.45) is 0 Å². The van der Waals surface area contributed by atoms with Crippen molar-refractivity contribution in [3.63, 3.8) is 0 Å². The maximum absolute atomic E-state index is 12.8. The van der Waals surface area contributed by atoms with Gasteiger partial charge in [0.05, 0.1) is 5.56 Å². The number of rotatable bonds is 3. The molecule has 2 aromatic heterocycles. The molecule has 0 radical (unpaired) electrons. The van der Waals surface area contributed by atoms with Crippen LogP contribution >= 0.6 is 0 Å². The summed E-state index contributed by atoms with van der Waals surface area (Å²) in [4.78, 5) is 32.3. The van der Waals surface area contributed by atoms with Crippen LogP contribution < -0.4 is 10.6 Å². The molecule has 6 nitrogen and oxygen atoms in total. The number of hydrogen-bond acceptors (Lipinski definition) is 4. The van der Waals surface area contributed by atoms with E-state index in [2.05, 4.69) is 32.4 Å². The monoisotopic (exact) mass is 376 g/mol. The molecule has 0 spiro atoms. The second-order valence-corrected chi connectivity index (χ2v) is 7.10. The Kier molecular flexibility index (Phi) is 6.05. The molecule has 0 bridgehead atoms. The molecule has 144 valence electrons. The third-order valence-corrected chi connectivity index (χ3v) is 4.83. The van der Waals surface area contributed by atoms with E-state index in [0.29, 0.717) is 17.1 Å². The summed E-state index contributed by atoms with van der Waals surface area (Å²) in [5.41, 5.74) is 1.48. The van der Waals surface area contributed by atoms with Gasteiger partial charge in [0.2, 0.25) is 5.91 Å². The van der Waals surface area contributed by atoms with Crippen molar-refractivity contribution in [1.82, 2.24) is 15.3 Å². The maximum atomic E-state index is 12.8. The molecule has 0 atom stereocenters. The highest BCUT2D eigenvalue weighted by Gasteiger charge is 2.32. The fraction of sp³-hybridized carbons (Fsp3) is 0.364. The standard InChI is InChI=1S/C22H24N4O2/c1-16-19(7-6-14-23-16)21(28)26-22(11-4-3-5-12-22)13-10-18-8-9-20(24-15-18)25-17(2)27/h6-9,14-15H,3-5,11-12H2,1-2H3,(H,26,28)(H,24,25,27). The van der Waals surface area contributed by atoms with Gasteiger partial charge in [-0.3, -0.25) is 14.6 Å². The van der Waals surface area contributed by atoms with Gasteiger partial charge in [0.1, 0.15) is 11.4 Å². The van der Waals surface area contributed by atoms with Crippen LogP contribution in [0.15, 0.2) is 36.7 Å². The Morgan fingerprint density at radius 1 is 1.11 bits per heavy atom. The molecule has 0 unspecified atom stereocenters. The van der Waals surface area contributed by atoms with E-state index >= 15 is 0 Å². The zero-order valence-electron chi connectivity index (χ0n) is 16.2. The predicted molar refractivity (Wildman–Crippen MR) is 108 cm³/mol. The van der Waals surface area contributed by atoms with Crippen molar-refractivity contribution in [1.29, 1.82) is 0 Å². The van der Waals surface area contributed by atoms with Crippen LogP contribution in [0.2, 0.25) is 0 Å². The Labute approximate surface area is 165 Å². The smallest absolute Gasteiger partial charge is 0.254 e. The van der Waals surface area contributed by atoms with Crippen LogP contribution in [0.4, 0.5) is 5.82 Å². The summed E-state index contributed by atoms with van der Waals surface area (Å²) >= 11 is 0. The highest BCUT2D eigenvalue weighted by Crippen LogP contribution is 2.28. The third kappa shape index (κ3) is 4.95. The molecule has 0 aliphatic heterocycles. The van der Waals surface area contributed by atoms with Crippen molar-refractivity contribution in [3.05, 3.63) is 53.5 Å². The Bertz CT molecular complexity index is 920. The number of hydrogen-bond donors (Lipinski definition) is 2. The Morgan fingerprint density at radius 3 is 2.54 bits per heavy atom. The van der Waals surface area contributed by atoms with E-state index in [1.54, 1.807) is 30.6 Å². The SMILES string of the molecule is CC(=O)Nc1ccc(C#CC2(NC(=O)c3cccnc3C)CCCCC2)cn1. The molecule has 3 rings (SSSR count). The lowest BCUT2D eigenvalue weighted by Gasteiger charge is -2.33. The minimum absolute atomic E-state index is 0.138. The number of carbonyl (C=O) groups excluding carboxylic acids is 2. The summed E-state index contributed by atoms with van der Waals surface area (Å²) < 4.78 is 0. The largest absolute Gasteiger partial charge is 0.336 e. The minimum atomic E-state index is -0.548. The van der Waals surface area contributed by atoms with Crippen LogP contribution in [0, 0.1) is 18.8 Å². The number of aryl methyl sites for hydroxylation is 1. The van der Waals surface area contributed by atoms with Crippen LogP contribution in [0.3, 0.4) is 0 Å². The Hall–Kier alpha value is -3.20. The van der Waals surface area contributed by atoms with E-state index in [-0.39, 0.29) is 11.8 Å². The molecule has 1 aliphatic carbocycles. The summed E-state index contributed by atoms with van der Waals surface area (Å²) in [5, 5.41) is 5.80. The fourth-order valence-corrected chi connectivity index (χ4v) is 3.36. The van der Waals surface area contributed by atoms with Gasteiger partial charge in [-0.2, -0.15) is 0 Å². The molecule has 2 heterocycles. The first-order valence-corrected chi connectivity index (χ1v) is 9.48. The number of anilines is 1. The molecule has 1 aliphatic rings. The van der Waals surface area contributed by atoms with E-state index in [0.717, 1.165) is 37.7 Å². The molecule has 2 aromatic rings. The highest BCUT2D eigenvalue weighted by atomic mass is 16.2. The second-order valence-electron chi connectivity index (χ2n) is 7.10. The van der Waals surface area contributed by atoms with E-state index in [9.17, 15) is 9.59 Å². The number of carbonyl (C=O) groups is 2. The summed E-state index contributed by atoms with van der Waals surface area (Å²) in [5.74, 6) is 6.64. The van der Waals surface area contributed by atoms with Gasteiger partial charge < -0.3 is 10.6 Å². The molecular formula is C22H24N4O2. The predicted octanol–water partition coefficient (Wildman–Crippen LogP) is 3.23. The lowest BCUT2D eigenvalue weighted by atomic mass is 9.81. The molecule has 1 fully saturated rings. The summed E-state index contributed by atoms with van der Waals surface area (Å²) in [7, 11) is 0. The zero-order chi connectivity index (χ0) is 20.0. The van der Waals surface area contributed by atoms with Crippen molar-refractivity contribution in [2.45, 2.75) is 51.5 Å². The van der Waals surface area contributed by atoms with E-state index < -0.39 is 5.54 Å². The topological polar surface area (TPSA) is 84.0 Å². The first-order chi connectivity index (χ1) is 13.5. The molecule has 1 saturated carbocycles. The fourth-order valence-electron chi connectivity index (χ4n) is 3.36. The van der Waals surface area contributed by atoms with Crippen LogP contribution in [-0.2, 0) is 4.79 Å². The Balaban J connectivity index is 1.81. The lowest BCUT2D eigenvalue weighted by molar-refractivity contribution is -0.114. The van der Waals surface area contributed by atoms with Crippen LogP contribution in [0.1, 0.15) is 60.6 Å². The first kappa shape index (κ1) is 19.6. The average Bonchev–Trinajstić information content (AvgIpc) is 2.68.